The third-order valence-corrected chi connectivity index (χ3v) is 2.70. The minimum absolute atomic E-state index is 0.0255. The molecule has 2 amide bonds. The summed E-state index contributed by atoms with van der Waals surface area (Å²) in [5.74, 6) is -0.711. The van der Waals surface area contributed by atoms with Gasteiger partial charge < -0.3 is 26.7 Å². The van der Waals surface area contributed by atoms with Crippen LogP contribution in [0, 0.1) is 0 Å². The SMILES string of the molecule is CC(C)(NC(=O)COc1ccc(C(N)=NO)cc1)C(N)=O. The molecule has 0 fully saturated rings. The van der Waals surface area contributed by atoms with Gasteiger partial charge in [-0.15, -0.1) is 0 Å². The Labute approximate surface area is 121 Å². The van der Waals surface area contributed by atoms with Gasteiger partial charge in [0.25, 0.3) is 5.91 Å². The van der Waals surface area contributed by atoms with E-state index in [1.165, 1.54) is 13.8 Å². The molecule has 0 radical (unpaired) electrons. The molecule has 114 valence electrons. The highest BCUT2D eigenvalue weighted by atomic mass is 16.5. The molecular weight excluding hydrogens is 276 g/mol. The number of carbonyl (C=O) groups excluding carboxylic acids is 2. The number of nitrogens with one attached hydrogen (secondary N) is 1. The average Bonchev–Trinajstić information content (AvgIpc) is 2.44. The molecule has 21 heavy (non-hydrogen) atoms. The van der Waals surface area contributed by atoms with Gasteiger partial charge in [0.2, 0.25) is 5.91 Å². The number of primary amides is 1. The first-order valence-electron chi connectivity index (χ1n) is 6.08. The molecule has 0 spiro atoms. The molecule has 0 aliphatic carbocycles. The van der Waals surface area contributed by atoms with Crippen LogP contribution in [-0.2, 0) is 9.59 Å². The highest BCUT2D eigenvalue weighted by Crippen LogP contribution is 2.12. The Bertz CT molecular complexity index is 552. The number of carbonyl (C=O) groups is 2. The summed E-state index contributed by atoms with van der Waals surface area (Å²) in [6.45, 7) is 2.73. The van der Waals surface area contributed by atoms with Crippen molar-refractivity contribution in [1.82, 2.24) is 5.32 Å². The number of amides is 2. The monoisotopic (exact) mass is 294 g/mol. The van der Waals surface area contributed by atoms with Crippen molar-refractivity contribution in [1.29, 1.82) is 0 Å². The van der Waals surface area contributed by atoms with E-state index in [0.717, 1.165) is 0 Å². The Balaban J connectivity index is 2.56. The maximum atomic E-state index is 11.6. The summed E-state index contributed by atoms with van der Waals surface area (Å²) in [6, 6.07) is 6.30. The van der Waals surface area contributed by atoms with Gasteiger partial charge in [-0.1, -0.05) is 5.16 Å². The third-order valence-electron chi connectivity index (χ3n) is 2.70. The molecule has 6 N–H and O–H groups in total. The van der Waals surface area contributed by atoms with Gasteiger partial charge in [-0.05, 0) is 38.1 Å². The van der Waals surface area contributed by atoms with E-state index in [4.69, 9.17) is 21.4 Å². The fourth-order valence-electron chi connectivity index (χ4n) is 1.37. The quantitative estimate of drug-likeness (QED) is 0.243. The summed E-state index contributed by atoms with van der Waals surface area (Å²) in [5.41, 5.74) is 9.94. The largest absolute Gasteiger partial charge is 0.484 e. The van der Waals surface area contributed by atoms with Crippen molar-refractivity contribution in [3.63, 3.8) is 0 Å². The van der Waals surface area contributed by atoms with Gasteiger partial charge >= 0.3 is 0 Å². The highest BCUT2D eigenvalue weighted by Gasteiger charge is 2.26. The second-order valence-electron chi connectivity index (χ2n) is 4.84. The molecule has 0 aliphatic heterocycles. The number of hydrogen-bond donors (Lipinski definition) is 4. The second-order valence-corrected chi connectivity index (χ2v) is 4.84. The van der Waals surface area contributed by atoms with Gasteiger partial charge in [0.15, 0.2) is 12.4 Å². The number of hydrogen-bond acceptors (Lipinski definition) is 5. The summed E-state index contributed by atoms with van der Waals surface area (Å²) in [5, 5.41) is 13.8. The van der Waals surface area contributed by atoms with Crippen LogP contribution in [-0.4, -0.2) is 35.0 Å². The number of oxime groups is 1. The van der Waals surface area contributed by atoms with Crippen LogP contribution in [0.2, 0.25) is 0 Å². The molecule has 0 heterocycles. The Morgan fingerprint density at radius 2 is 1.86 bits per heavy atom. The van der Waals surface area contributed by atoms with Crippen LogP contribution in [0.1, 0.15) is 19.4 Å². The molecule has 0 aliphatic rings. The summed E-state index contributed by atoms with van der Waals surface area (Å²) >= 11 is 0. The lowest BCUT2D eigenvalue weighted by molar-refractivity contribution is -0.131. The number of rotatable bonds is 6. The van der Waals surface area contributed by atoms with E-state index < -0.39 is 17.4 Å². The fourth-order valence-corrected chi connectivity index (χ4v) is 1.37. The van der Waals surface area contributed by atoms with Crippen molar-refractivity contribution in [2.24, 2.45) is 16.6 Å². The molecule has 0 bridgehead atoms. The third kappa shape index (κ3) is 4.68. The molecule has 0 saturated heterocycles. The Morgan fingerprint density at radius 1 is 1.29 bits per heavy atom. The lowest BCUT2D eigenvalue weighted by Gasteiger charge is -2.22. The summed E-state index contributed by atoms with van der Waals surface area (Å²) in [6.07, 6.45) is 0. The van der Waals surface area contributed by atoms with E-state index in [0.29, 0.717) is 11.3 Å². The molecule has 8 nitrogen and oxygen atoms in total. The van der Waals surface area contributed by atoms with Crippen LogP contribution in [0.15, 0.2) is 29.4 Å². The average molecular weight is 294 g/mol. The van der Waals surface area contributed by atoms with E-state index in [-0.39, 0.29) is 12.4 Å². The molecule has 0 atom stereocenters. The van der Waals surface area contributed by atoms with E-state index in [1.807, 2.05) is 0 Å². The lowest BCUT2D eigenvalue weighted by Crippen LogP contribution is -2.54. The number of benzene rings is 1. The van der Waals surface area contributed by atoms with E-state index in [9.17, 15) is 9.59 Å². The first-order valence-corrected chi connectivity index (χ1v) is 6.08. The van der Waals surface area contributed by atoms with E-state index in [1.54, 1.807) is 24.3 Å². The van der Waals surface area contributed by atoms with Crippen LogP contribution in [0.5, 0.6) is 5.75 Å². The first-order chi connectivity index (χ1) is 9.76. The van der Waals surface area contributed by atoms with Gasteiger partial charge in [0.1, 0.15) is 11.3 Å². The zero-order chi connectivity index (χ0) is 16.0. The molecule has 0 saturated carbocycles. The van der Waals surface area contributed by atoms with Crippen molar-refractivity contribution in [3.8, 4) is 5.75 Å². The smallest absolute Gasteiger partial charge is 0.258 e. The van der Waals surface area contributed by atoms with Crippen molar-refractivity contribution in [3.05, 3.63) is 29.8 Å². The van der Waals surface area contributed by atoms with Crippen LogP contribution in [0.4, 0.5) is 0 Å². The summed E-state index contributed by atoms with van der Waals surface area (Å²) < 4.78 is 5.25. The fraction of sp³-hybridized carbons (Fsp3) is 0.308. The predicted octanol–water partition coefficient (Wildman–Crippen LogP) is -0.460. The molecule has 0 aromatic heterocycles. The normalized spacial score (nSPS) is 11.8. The van der Waals surface area contributed by atoms with Crippen molar-refractivity contribution < 1.29 is 19.5 Å². The number of nitrogens with two attached hydrogens (primary N) is 2. The topological polar surface area (TPSA) is 140 Å². The molecule has 1 rings (SSSR count). The maximum Gasteiger partial charge on any atom is 0.258 e. The second kappa shape index (κ2) is 6.60. The highest BCUT2D eigenvalue weighted by molar-refractivity contribution is 5.97. The van der Waals surface area contributed by atoms with Crippen molar-refractivity contribution in [2.75, 3.05) is 6.61 Å². The van der Waals surface area contributed by atoms with Crippen molar-refractivity contribution >= 4 is 17.6 Å². The van der Waals surface area contributed by atoms with E-state index >= 15 is 0 Å². The van der Waals surface area contributed by atoms with Gasteiger partial charge in [0.05, 0.1) is 0 Å². The van der Waals surface area contributed by atoms with Gasteiger partial charge in [-0.2, -0.15) is 0 Å². The Morgan fingerprint density at radius 3 is 2.33 bits per heavy atom. The van der Waals surface area contributed by atoms with Crippen LogP contribution in [0.25, 0.3) is 0 Å². The maximum absolute atomic E-state index is 11.6. The molecular formula is C13H18N4O4. The number of amidine groups is 1. The lowest BCUT2D eigenvalue weighted by atomic mass is 10.1. The summed E-state index contributed by atoms with van der Waals surface area (Å²) in [4.78, 5) is 22.7. The van der Waals surface area contributed by atoms with E-state index in [2.05, 4.69) is 10.5 Å². The minimum Gasteiger partial charge on any atom is -0.484 e. The van der Waals surface area contributed by atoms with Crippen molar-refractivity contribution in [2.45, 2.75) is 19.4 Å². The minimum atomic E-state index is -1.14. The molecule has 8 heteroatoms. The van der Waals surface area contributed by atoms with Gasteiger partial charge in [-0.3, -0.25) is 9.59 Å². The zero-order valence-electron chi connectivity index (χ0n) is 11.8. The standard InChI is InChI=1S/C13H18N4O4/c1-13(2,12(15)19)16-10(18)7-21-9-5-3-8(4-6-9)11(14)17-20/h3-6,20H,7H2,1-2H3,(H2,14,17)(H2,15,19)(H,16,18). The van der Waals surface area contributed by atoms with Crippen LogP contribution in [0.3, 0.4) is 0 Å². The predicted molar refractivity (Wildman–Crippen MR) is 75.9 cm³/mol. The first kappa shape index (κ1) is 16.3. The Hall–Kier alpha value is -2.77. The van der Waals surface area contributed by atoms with Crippen LogP contribution >= 0.6 is 0 Å². The number of nitrogens with zero attached hydrogens (tertiary/aromatic N) is 1. The molecule has 0 unspecified atom stereocenters. The molecule has 1 aromatic rings. The number of ether oxygens (including phenoxy) is 1. The summed E-state index contributed by atoms with van der Waals surface area (Å²) in [7, 11) is 0. The van der Waals surface area contributed by atoms with Crippen LogP contribution < -0.4 is 21.5 Å². The Kier molecular flexibility index (Phi) is 5.12. The van der Waals surface area contributed by atoms with Gasteiger partial charge in [-0.25, -0.2) is 0 Å². The molecule has 1 aromatic carbocycles. The zero-order valence-corrected chi connectivity index (χ0v) is 11.8. The van der Waals surface area contributed by atoms with Gasteiger partial charge in [0, 0.05) is 5.56 Å².